The van der Waals surface area contributed by atoms with Gasteiger partial charge < -0.3 is 30.9 Å². The van der Waals surface area contributed by atoms with Crippen molar-refractivity contribution in [3.8, 4) is 0 Å². The Labute approximate surface area is 191 Å². The van der Waals surface area contributed by atoms with Gasteiger partial charge in [-0.05, 0) is 12.8 Å². The number of thioether (sulfide) groups is 1. The van der Waals surface area contributed by atoms with Crippen molar-refractivity contribution in [2.24, 2.45) is 11.1 Å². The van der Waals surface area contributed by atoms with Gasteiger partial charge in [0.25, 0.3) is 0 Å². The van der Waals surface area contributed by atoms with Gasteiger partial charge in [0.05, 0.1) is 0 Å². The lowest BCUT2D eigenvalue weighted by molar-refractivity contribution is -0.161. The van der Waals surface area contributed by atoms with E-state index in [4.69, 9.17) is 22.6 Å². The van der Waals surface area contributed by atoms with E-state index in [0.29, 0.717) is 4.42 Å². The minimum Gasteiger partial charge on any atom is -0.481 e. The summed E-state index contributed by atoms with van der Waals surface area (Å²) < 4.78 is 5.21. The minimum atomic E-state index is -1.50. The van der Waals surface area contributed by atoms with E-state index in [0.717, 1.165) is 18.7 Å². The number of ether oxygens (including phenoxy) is 1. The molecule has 0 aromatic carbocycles. The molecule has 0 radical (unpaired) electrons. The molecule has 2 aliphatic heterocycles. The molecular weight excluding hydrogens is 472 g/mol. The number of rotatable bonds is 10. The molecule has 178 valence electrons. The maximum atomic E-state index is 12.4. The maximum Gasteiger partial charge on any atom is 0.404 e. The number of nitrogens with one attached hydrogen (secondary N) is 1. The molecule has 4 amide bonds. The van der Waals surface area contributed by atoms with E-state index < -0.39 is 65.2 Å². The van der Waals surface area contributed by atoms with Crippen LogP contribution in [0, 0.1) is 5.41 Å². The Balaban J connectivity index is 1.87. The number of halogens is 1. The van der Waals surface area contributed by atoms with E-state index in [1.54, 1.807) is 0 Å². The van der Waals surface area contributed by atoms with Gasteiger partial charge in [-0.2, -0.15) is 0 Å². The van der Waals surface area contributed by atoms with Gasteiger partial charge in [0, 0.05) is 37.4 Å². The number of amides is 4. The van der Waals surface area contributed by atoms with Crippen molar-refractivity contribution < 1.29 is 43.7 Å². The van der Waals surface area contributed by atoms with E-state index in [-0.39, 0.29) is 31.6 Å². The van der Waals surface area contributed by atoms with Gasteiger partial charge in [0.1, 0.15) is 29.5 Å². The van der Waals surface area contributed by atoms with E-state index >= 15 is 0 Å². The lowest BCUT2D eigenvalue weighted by Gasteiger charge is -2.53. The summed E-state index contributed by atoms with van der Waals surface area (Å²) in [4.78, 5) is 71.0. The van der Waals surface area contributed by atoms with Crippen molar-refractivity contribution in [3.63, 3.8) is 0 Å². The van der Waals surface area contributed by atoms with Crippen molar-refractivity contribution in [2.45, 2.75) is 43.6 Å². The van der Waals surface area contributed by atoms with Crippen LogP contribution in [0.25, 0.3) is 0 Å². The number of carboxylic acids is 2. The average Bonchev–Trinajstić information content (AvgIpc) is 2.72. The van der Waals surface area contributed by atoms with Crippen LogP contribution in [0.15, 0.2) is 0 Å². The van der Waals surface area contributed by atoms with Gasteiger partial charge in [-0.15, -0.1) is 11.8 Å². The fourth-order valence-electron chi connectivity index (χ4n) is 3.37. The molecule has 0 saturated carbocycles. The van der Waals surface area contributed by atoms with E-state index in [1.165, 1.54) is 4.90 Å². The Morgan fingerprint density at radius 1 is 1.38 bits per heavy atom. The first-order valence-electron chi connectivity index (χ1n) is 9.45. The second-order valence-electron chi connectivity index (χ2n) is 7.48. The molecule has 0 bridgehead atoms. The van der Waals surface area contributed by atoms with Crippen LogP contribution in [-0.2, 0) is 28.7 Å². The number of hydrogen-bond donors (Lipinski definition) is 4. The van der Waals surface area contributed by atoms with Crippen molar-refractivity contribution in [1.82, 2.24) is 14.6 Å². The van der Waals surface area contributed by atoms with Gasteiger partial charge in [-0.3, -0.25) is 19.2 Å². The van der Waals surface area contributed by atoms with Crippen LogP contribution in [0.5, 0.6) is 0 Å². The van der Waals surface area contributed by atoms with E-state index in [2.05, 4.69) is 10.1 Å². The van der Waals surface area contributed by atoms with E-state index in [9.17, 15) is 33.9 Å². The molecule has 2 aliphatic rings. The number of primary amides is 1. The lowest BCUT2D eigenvalue weighted by Crippen LogP contribution is -2.74. The first-order chi connectivity index (χ1) is 14.9. The first kappa shape index (κ1) is 25.5. The second kappa shape index (κ2) is 10.3. The number of carboxylic acid groups (broad SMARTS) is 2. The zero-order valence-corrected chi connectivity index (χ0v) is 18.6. The SMILES string of the molecule is CC(=O)N(Cl)C(CCCC(=O)NC1C(=O)N2CC(COC(N)=O)(C(=O)O)CS[C@H]12)C(=O)O. The molecule has 0 spiro atoms. The third kappa shape index (κ3) is 5.54. The summed E-state index contributed by atoms with van der Waals surface area (Å²) in [5.41, 5.74) is 3.40. The third-order valence-electron chi connectivity index (χ3n) is 5.15. The van der Waals surface area contributed by atoms with Crippen molar-refractivity contribution >= 4 is 59.3 Å². The molecular formula is C17H23ClN4O9S. The number of carbonyl (C=O) groups excluding carboxylic acids is 4. The molecule has 13 nitrogen and oxygen atoms in total. The third-order valence-corrected chi connectivity index (χ3v) is 7.21. The molecule has 0 aliphatic carbocycles. The van der Waals surface area contributed by atoms with Crippen LogP contribution < -0.4 is 11.1 Å². The zero-order chi connectivity index (χ0) is 24.2. The Hall–Kier alpha value is -2.74. The van der Waals surface area contributed by atoms with Gasteiger partial charge >= 0.3 is 18.0 Å². The second-order valence-corrected chi connectivity index (χ2v) is 8.95. The zero-order valence-electron chi connectivity index (χ0n) is 17.0. The van der Waals surface area contributed by atoms with Gasteiger partial charge in [0.15, 0.2) is 0 Å². The van der Waals surface area contributed by atoms with Crippen molar-refractivity contribution in [2.75, 3.05) is 18.9 Å². The number of hydrogen-bond acceptors (Lipinski definition) is 8. The fraction of sp³-hybridized carbons (Fsp3) is 0.647. The monoisotopic (exact) mass is 494 g/mol. The quantitative estimate of drug-likeness (QED) is 0.220. The standard InChI is InChI=1S/C17H23ClN4O9S/c1-8(23)22(18)9(14(26)27)3-2-4-10(24)20-11-12(25)21-5-17(15(28)29,6-31-16(19)30)7-32-13(11)21/h9,11,13H,2-7H2,1H3,(H2,19,30)(H,20,24)(H,26,27)(H,28,29)/t9?,11?,13-,17?/m1/s1. The van der Waals surface area contributed by atoms with Crippen LogP contribution in [0.1, 0.15) is 26.2 Å². The maximum absolute atomic E-state index is 12.4. The van der Waals surface area contributed by atoms with Gasteiger partial charge in [0.2, 0.25) is 17.7 Å². The number of fused-ring (bicyclic) bond motifs is 1. The number of carbonyl (C=O) groups is 6. The van der Waals surface area contributed by atoms with Crippen LogP contribution in [0.3, 0.4) is 0 Å². The van der Waals surface area contributed by atoms with Crippen LogP contribution >= 0.6 is 23.5 Å². The van der Waals surface area contributed by atoms with Gasteiger partial charge in [-0.1, -0.05) is 0 Å². The summed E-state index contributed by atoms with van der Waals surface area (Å²) in [6.45, 7) is 0.431. The summed E-state index contributed by atoms with van der Waals surface area (Å²) in [5, 5.41) is 20.8. The molecule has 0 aromatic rings. The Morgan fingerprint density at radius 3 is 2.56 bits per heavy atom. The highest BCUT2D eigenvalue weighted by molar-refractivity contribution is 8.00. The predicted molar refractivity (Wildman–Crippen MR) is 109 cm³/mol. The largest absolute Gasteiger partial charge is 0.481 e. The molecule has 2 saturated heterocycles. The summed E-state index contributed by atoms with van der Waals surface area (Å²) in [6.07, 6.45) is -1.17. The topological polar surface area (TPSA) is 197 Å². The van der Waals surface area contributed by atoms with Gasteiger partial charge in [-0.25, -0.2) is 14.0 Å². The number of nitrogens with two attached hydrogens (primary N) is 1. The summed E-state index contributed by atoms with van der Waals surface area (Å²) in [6, 6.07) is -2.14. The molecule has 15 heteroatoms. The number of β-lactam (4-membered cyclic amide) rings is 1. The average molecular weight is 495 g/mol. The van der Waals surface area contributed by atoms with Crippen LogP contribution in [0.4, 0.5) is 4.79 Å². The Kier molecular flexibility index (Phi) is 8.18. The summed E-state index contributed by atoms with van der Waals surface area (Å²) in [5.74, 6) is -4.13. The number of nitrogens with zero attached hydrogens (tertiary/aromatic N) is 2. The molecule has 3 unspecified atom stereocenters. The van der Waals surface area contributed by atoms with Crippen molar-refractivity contribution in [1.29, 1.82) is 0 Å². The molecule has 32 heavy (non-hydrogen) atoms. The lowest BCUT2D eigenvalue weighted by atomic mass is 9.88. The molecule has 0 aromatic heterocycles. The van der Waals surface area contributed by atoms with Crippen molar-refractivity contribution in [3.05, 3.63) is 0 Å². The molecule has 4 atom stereocenters. The highest BCUT2D eigenvalue weighted by Crippen LogP contribution is 2.42. The Morgan fingerprint density at radius 2 is 2.03 bits per heavy atom. The van der Waals surface area contributed by atoms with Crippen LogP contribution in [0.2, 0.25) is 0 Å². The predicted octanol–water partition coefficient (Wildman–Crippen LogP) is -0.822. The molecule has 2 fully saturated rings. The van der Waals surface area contributed by atoms with E-state index in [1.807, 2.05) is 0 Å². The smallest absolute Gasteiger partial charge is 0.404 e. The summed E-state index contributed by atoms with van der Waals surface area (Å²) in [7, 11) is 0. The molecule has 5 N–H and O–H groups in total. The fourth-order valence-corrected chi connectivity index (χ4v) is 5.07. The minimum absolute atomic E-state index is 0.0350. The first-order valence-corrected chi connectivity index (χ1v) is 10.8. The Bertz CT molecular complexity index is 828. The molecule has 2 heterocycles. The normalized spacial score (nSPS) is 25.1. The highest BCUT2D eigenvalue weighted by atomic mass is 35.5. The van der Waals surface area contributed by atoms with Crippen LogP contribution in [-0.4, -0.2) is 91.6 Å². The highest BCUT2D eigenvalue weighted by Gasteiger charge is 2.57. The number of aliphatic carboxylic acids is 2. The molecule has 2 rings (SSSR count). The summed E-state index contributed by atoms with van der Waals surface area (Å²) >= 11 is 6.79.